The van der Waals surface area contributed by atoms with Crippen LogP contribution in [-0.2, 0) is 0 Å². The lowest BCUT2D eigenvalue weighted by Gasteiger charge is -2.22. The second kappa shape index (κ2) is 4.60. The van der Waals surface area contributed by atoms with Crippen LogP contribution in [0.2, 0.25) is 0 Å². The number of halogens is 1. The van der Waals surface area contributed by atoms with E-state index in [4.69, 9.17) is 15.2 Å². The van der Waals surface area contributed by atoms with Gasteiger partial charge >= 0.3 is 0 Å². The molecule has 3 nitrogen and oxygen atoms in total. The Morgan fingerprint density at radius 1 is 1.25 bits per heavy atom. The lowest BCUT2D eigenvalue weighted by atomic mass is 10.2. The molecule has 0 heterocycles. The zero-order valence-electron chi connectivity index (χ0n) is 10.1. The Bertz CT molecular complexity index is 372. The van der Waals surface area contributed by atoms with Crippen molar-refractivity contribution < 1.29 is 13.9 Å². The smallest absolute Gasteiger partial charge is 0.167 e. The number of anilines is 1. The first-order chi connectivity index (χ1) is 7.33. The summed E-state index contributed by atoms with van der Waals surface area (Å²) in [5, 5.41) is 0. The Hall–Kier alpha value is -1.45. The van der Waals surface area contributed by atoms with Crippen molar-refractivity contribution in [3.63, 3.8) is 0 Å². The van der Waals surface area contributed by atoms with Gasteiger partial charge in [0, 0.05) is 12.1 Å². The molecule has 1 rings (SSSR count). The largest absolute Gasteiger partial charge is 0.491 e. The molecule has 16 heavy (non-hydrogen) atoms. The van der Waals surface area contributed by atoms with E-state index in [1.54, 1.807) is 6.92 Å². The van der Waals surface area contributed by atoms with E-state index in [-0.39, 0.29) is 17.0 Å². The van der Waals surface area contributed by atoms with E-state index in [1.165, 1.54) is 12.1 Å². The molecule has 0 radical (unpaired) electrons. The molecule has 0 aliphatic carbocycles. The molecule has 0 aliphatic heterocycles. The molecule has 0 unspecified atom stereocenters. The highest BCUT2D eigenvalue weighted by molar-refractivity contribution is 5.56. The van der Waals surface area contributed by atoms with Gasteiger partial charge in [0.15, 0.2) is 11.6 Å². The van der Waals surface area contributed by atoms with Crippen LogP contribution in [0, 0.1) is 5.82 Å². The Kier molecular flexibility index (Phi) is 3.62. The summed E-state index contributed by atoms with van der Waals surface area (Å²) in [4.78, 5) is 0. The zero-order valence-corrected chi connectivity index (χ0v) is 10.1. The minimum absolute atomic E-state index is 0.163. The topological polar surface area (TPSA) is 44.5 Å². The molecule has 1 aromatic carbocycles. The number of hydrogen-bond donors (Lipinski definition) is 1. The molecule has 2 N–H and O–H groups in total. The highest BCUT2D eigenvalue weighted by Crippen LogP contribution is 2.32. The number of nitrogens with two attached hydrogens (primary N) is 1. The maximum Gasteiger partial charge on any atom is 0.167 e. The van der Waals surface area contributed by atoms with Crippen LogP contribution in [-0.4, -0.2) is 12.2 Å². The quantitative estimate of drug-likeness (QED) is 0.807. The van der Waals surface area contributed by atoms with Gasteiger partial charge < -0.3 is 15.2 Å². The first-order valence-electron chi connectivity index (χ1n) is 5.24. The van der Waals surface area contributed by atoms with Crippen LogP contribution in [0.3, 0.4) is 0 Å². The molecular weight excluding hydrogens is 209 g/mol. The molecule has 0 saturated carbocycles. The van der Waals surface area contributed by atoms with Gasteiger partial charge in [0.25, 0.3) is 0 Å². The first kappa shape index (κ1) is 12.6. The van der Waals surface area contributed by atoms with Crippen LogP contribution < -0.4 is 15.2 Å². The molecule has 0 fully saturated rings. The van der Waals surface area contributed by atoms with Crippen molar-refractivity contribution >= 4 is 5.69 Å². The third-order valence-corrected chi connectivity index (χ3v) is 1.78. The molecular formula is C12H18FNO2. The molecule has 90 valence electrons. The van der Waals surface area contributed by atoms with Crippen molar-refractivity contribution in [1.29, 1.82) is 0 Å². The molecule has 0 bridgehead atoms. The summed E-state index contributed by atoms with van der Waals surface area (Å²) in [6.45, 7) is 7.89. The van der Waals surface area contributed by atoms with Crippen molar-refractivity contribution in [1.82, 2.24) is 0 Å². The SMILES string of the molecule is CCOc1cc(OC(C)(C)C)c(N)cc1F. The lowest BCUT2D eigenvalue weighted by molar-refractivity contribution is 0.131. The minimum Gasteiger partial charge on any atom is -0.491 e. The van der Waals surface area contributed by atoms with E-state index in [0.717, 1.165) is 0 Å². The van der Waals surface area contributed by atoms with Crippen molar-refractivity contribution in [2.45, 2.75) is 33.3 Å². The fourth-order valence-electron chi connectivity index (χ4n) is 1.23. The Morgan fingerprint density at radius 2 is 1.88 bits per heavy atom. The Balaban J connectivity index is 3.04. The average Bonchev–Trinajstić information content (AvgIpc) is 2.11. The highest BCUT2D eigenvalue weighted by atomic mass is 19.1. The molecule has 0 aliphatic rings. The molecule has 0 amide bonds. The number of benzene rings is 1. The van der Waals surface area contributed by atoms with E-state index < -0.39 is 5.82 Å². The summed E-state index contributed by atoms with van der Waals surface area (Å²) in [5.41, 5.74) is 5.57. The van der Waals surface area contributed by atoms with E-state index in [9.17, 15) is 4.39 Å². The van der Waals surface area contributed by atoms with Crippen LogP contribution in [0.5, 0.6) is 11.5 Å². The standard InChI is InChI=1S/C12H18FNO2/c1-5-15-10-7-11(16-12(2,3)4)9(14)6-8(10)13/h6-7H,5,14H2,1-4H3. The molecule has 0 atom stereocenters. The Morgan fingerprint density at radius 3 is 2.38 bits per heavy atom. The second-order valence-electron chi connectivity index (χ2n) is 4.47. The number of ether oxygens (including phenoxy) is 2. The van der Waals surface area contributed by atoms with E-state index in [0.29, 0.717) is 12.4 Å². The second-order valence-corrected chi connectivity index (χ2v) is 4.47. The maximum absolute atomic E-state index is 13.4. The summed E-state index contributed by atoms with van der Waals surface area (Å²) in [5.74, 6) is 0.133. The van der Waals surface area contributed by atoms with E-state index in [1.807, 2.05) is 20.8 Å². The number of hydrogen-bond acceptors (Lipinski definition) is 3. The monoisotopic (exact) mass is 227 g/mol. The van der Waals surface area contributed by atoms with E-state index >= 15 is 0 Å². The van der Waals surface area contributed by atoms with Gasteiger partial charge in [0.05, 0.1) is 12.3 Å². The van der Waals surface area contributed by atoms with Crippen LogP contribution in [0.4, 0.5) is 10.1 Å². The van der Waals surface area contributed by atoms with Crippen molar-refractivity contribution in [2.24, 2.45) is 0 Å². The summed E-state index contributed by atoms with van der Waals surface area (Å²) in [6.07, 6.45) is 0. The van der Waals surface area contributed by atoms with Gasteiger partial charge in [-0.3, -0.25) is 0 Å². The fraction of sp³-hybridized carbons (Fsp3) is 0.500. The van der Waals surface area contributed by atoms with Crippen molar-refractivity contribution in [3.8, 4) is 11.5 Å². The lowest BCUT2D eigenvalue weighted by Crippen LogP contribution is -2.23. The molecule has 0 saturated heterocycles. The summed E-state index contributed by atoms with van der Waals surface area (Å²) in [7, 11) is 0. The summed E-state index contributed by atoms with van der Waals surface area (Å²) >= 11 is 0. The molecule has 0 aromatic heterocycles. The normalized spacial score (nSPS) is 11.3. The first-order valence-corrected chi connectivity index (χ1v) is 5.24. The van der Waals surface area contributed by atoms with Gasteiger partial charge in [-0.05, 0) is 27.7 Å². The van der Waals surface area contributed by atoms with Crippen LogP contribution in [0.25, 0.3) is 0 Å². The van der Waals surface area contributed by atoms with Gasteiger partial charge in [-0.25, -0.2) is 4.39 Å². The number of rotatable bonds is 3. The van der Waals surface area contributed by atoms with Gasteiger partial charge in [-0.15, -0.1) is 0 Å². The molecule has 0 spiro atoms. The predicted octanol–water partition coefficient (Wildman–Crippen LogP) is 2.98. The summed E-state index contributed by atoms with van der Waals surface area (Å²) < 4.78 is 24.1. The summed E-state index contributed by atoms with van der Waals surface area (Å²) in [6, 6.07) is 2.70. The van der Waals surface area contributed by atoms with Crippen LogP contribution in [0.1, 0.15) is 27.7 Å². The van der Waals surface area contributed by atoms with Gasteiger partial charge in [0.2, 0.25) is 0 Å². The van der Waals surface area contributed by atoms with Gasteiger partial charge in [-0.2, -0.15) is 0 Å². The third kappa shape index (κ3) is 3.29. The minimum atomic E-state index is -0.472. The Labute approximate surface area is 95.4 Å². The molecule has 1 aromatic rings. The van der Waals surface area contributed by atoms with Crippen molar-refractivity contribution in [2.75, 3.05) is 12.3 Å². The maximum atomic E-state index is 13.4. The fourth-order valence-corrected chi connectivity index (χ4v) is 1.23. The third-order valence-electron chi connectivity index (χ3n) is 1.78. The van der Waals surface area contributed by atoms with Crippen LogP contribution >= 0.6 is 0 Å². The predicted molar refractivity (Wildman–Crippen MR) is 62.4 cm³/mol. The highest BCUT2D eigenvalue weighted by Gasteiger charge is 2.16. The van der Waals surface area contributed by atoms with E-state index in [2.05, 4.69) is 0 Å². The van der Waals surface area contributed by atoms with Crippen molar-refractivity contribution in [3.05, 3.63) is 17.9 Å². The van der Waals surface area contributed by atoms with Gasteiger partial charge in [-0.1, -0.05) is 0 Å². The molecule has 4 heteroatoms. The number of nitrogen functional groups attached to an aromatic ring is 1. The zero-order chi connectivity index (χ0) is 12.3. The average molecular weight is 227 g/mol. The van der Waals surface area contributed by atoms with Gasteiger partial charge in [0.1, 0.15) is 11.4 Å². The van der Waals surface area contributed by atoms with Crippen LogP contribution in [0.15, 0.2) is 12.1 Å².